The van der Waals surface area contributed by atoms with Gasteiger partial charge in [0.25, 0.3) is 0 Å². The van der Waals surface area contributed by atoms with E-state index in [0.29, 0.717) is 0 Å². The summed E-state index contributed by atoms with van der Waals surface area (Å²) >= 11 is 0. The molecule has 2 rings (SSSR count). The third-order valence-electron chi connectivity index (χ3n) is 4.46. The molecule has 0 fully saturated rings. The lowest BCUT2D eigenvalue weighted by atomic mass is 9.63. The van der Waals surface area contributed by atoms with Gasteiger partial charge in [0, 0.05) is 5.41 Å². The van der Waals surface area contributed by atoms with Crippen molar-refractivity contribution in [2.45, 2.75) is 59.2 Å². The summed E-state index contributed by atoms with van der Waals surface area (Å²) in [7, 11) is 0. The van der Waals surface area contributed by atoms with E-state index in [2.05, 4.69) is 71.1 Å². The molecular formula is C18H26O. The molecule has 0 spiro atoms. The largest absolute Gasteiger partial charge is 0.367 e. The van der Waals surface area contributed by atoms with Gasteiger partial charge in [-0.05, 0) is 44.8 Å². The third kappa shape index (κ3) is 2.36. The summed E-state index contributed by atoms with van der Waals surface area (Å²) in [5.74, 6) is 0. The molecule has 1 nitrogen and oxygen atoms in total. The normalized spacial score (nSPS) is 26.8. The molecule has 104 valence electrons. The lowest BCUT2D eigenvalue weighted by Crippen LogP contribution is -2.50. The molecule has 0 aromatic heterocycles. The number of hydrogen-bond donors (Lipinski definition) is 0. The summed E-state index contributed by atoms with van der Waals surface area (Å²) in [5.41, 5.74) is 2.48. The second-order valence-corrected chi connectivity index (χ2v) is 6.40. The summed E-state index contributed by atoms with van der Waals surface area (Å²) in [6.45, 7) is 11.1. The average Bonchev–Trinajstić information content (AvgIpc) is 2.85. The molecule has 1 unspecified atom stereocenters. The van der Waals surface area contributed by atoms with Crippen molar-refractivity contribution >= 4 is 0 Å². The van der Waals surface area contributed by atoms with Gasteiger partial charge in [0.15, 0.2) is 0 Å². The predicted octanol–water partition coefficient (Wildman–Crippen LogP) is 4.97. The fraction of sp³-hybridized carbons (Fsp3) is 0.556. The van der Waals surface area contributed by atoms with Crippen LogP contribution in [0.25, 0.3) is 0 Å². The quantitative estimate of drug-likeness (QED) is 0.692. The number of rotatable bonds is 4. The van der Waals surface area contributed by atoms with E-state index in [1.807, 2.05) is 0 Å². The second-order valence-electron chi connectivity index (χ2n) is 6.40. The Morgan fingerprint density at radius 1 is 1.26 bits per heavy atom. The maximum Gasteiger partial charge on any atom is 0.102 e. The molecular weight excluding hydrogens is 232 g/mol. The Labute approximate surface area is 117 Å². The van der Waals surface area contributed by atoms with Crippen LogP contribution in [-0.4, -0.2) is 11.7 Å². The molecule has 0 amide bonds. The molecule has 19 heavy (non-hydrogen) atoms. The highest BCUT2D eigenvalue weighted by atomic mass is 16.5. The third-order valence-corrected chi connectivity index (χ3v) is 4.46. The maximum atomic E-state index is 6.47. The number of allylic oxidation sites excluding steroid dienone is 5. The van der Waals surface area contributed by atoms with Crippen molar-refractivity contribution in [1.82, 2.24) is 0 Å². The number of ether oxygens (including phenoxy) is 1. The van der Waals surface area contributed by atoms with Gasteiger partial charge in [-0.2, -0.15) is 0 Å². The zero-order valence-corrected chi connectivity index (χ0v) is 12.9. The highest BCUT2D eigenvalue weighted by Gasteiger charge is 2.49. The van der Waals surface area contributed by atoms with E-state index in [-0.39, 0.29) is 17.1 Å². The lowest BCUT2D eigenvalue weighted by Gasteiger charge is -2.49. The molecule has 0 aromatic rings. The molecule has 1 atom stereocenters. The van der Waals surface area contributed by atoms with Crippen LogP contribution in [0.1, 0.15) is 47.5 Å². The van der Waals surface area contributed by atoms with Crippen LogP contribution in [0, 0.1) is 5.41 Å². The van der Waals surface area contributed by atoms with Gasteiger partial charge >= 0.3 is 0 Å². The fourth-order valence-corrected chi connectivity index (χ4v) is 3.34. The second kappa shape index (κ2) is 5.13. The first kappa shape index (κ1) is 14.3. The fourth-order valence-electron chi connectivity index (χ4n) is 3.34. The van der Waals surface area contributed by atoms with E-state index in [0.717, 1.165) is 12.8 Å². The topological polar surface area (TPSA) is 9.23 Å². The Bertz CT molecular complexity index is 460. The molecule has 0 aromatic carbocycles. The first-order valence-electron chi connectivity index (χ1n) is 7.29. The van der Waals surface area contributed by atoms with E-state index in [1.54, 1.807) is 0 Å². The van der Waals surface area contributed by atoms with Crippen molar-refractivity contribution in [3.63, 3.8) is 0 Å². The van der Waals surface area contributed by atoms with Crippen LogP contribution in [-0.2, 0) is 4.74 Å². The van der Waals surface area contributed by atoms with E-state index < -0.39 is 0 Å². The summed E-state index contributed by atoms with van der Waals surface area (Å²) < 4.78 is 6.47. The molecule has 1 heteroatoms. The van der Waals surface area contributed by atoms with Gasteiger partial charge in [0.1, 0.15) is 5.60 Å². The molecule has 0 heterocycles. The van der Waals surface area contributed by atoms with Crippen LogP contribution >= 0.6 is 0 Å². The SMILES string of the molecule is CC1=CC=CCC1(OC(C)C)C(C)(C)C1=CCC=C1. The zero-order valence-electron chi connectivity index (χ0n) is 12.9. The summed E-state index contributed by atoms with van der Waals surface area (Å²) in [6, 6.07) is 0. The minimum Gasteiger partial charge on any atom is -0.367 e. The van der Waals surface area contributed by atoms with Gasteiger partial charge in [-0.15, -0.1) is 0 Å². The summed E-state index contributed by atoms with van der Waals surface area (Å²) in [6.07, 6.45) is 15.6. The molecule has 2 aliphatic rings. The van der Waals surface area contributed by atoms with Crippen molar-refractivity contribution < 1.29 is 4.74 Å². The average molecular weight is 258 g/mol. The van der Waals surface area contributed by atoms with Crippen molar-refractivity contribution in [1.29, 1.82) is 0 Å². The van der Waals surface area contributed by atoms with Crippen LogP contribution in [0.3, 0.4) is 0 Å². The standard InChI is InChI=1S/C18H26O/c1-14(2)19-18(13-9-8-10-15(18)3)17(4,5)16-11-6-7-12-16/h6,8-12,14H,7,13H2,1-5H3. The van der Waals surface area contributed by atoms with Gasteiger partial charge in [0.2, 0.25) is 0 Å². The molecule has 0 radical (unpaired) electrons. The highest BCUT2D eigenvalue weighted by molar-refractivity contribution is 5.41. The summed E-state index contributed by atoms with van der Waals surface area (Å²) in [5, 5.41) is 0. The van der Waals surface area contributed by atoms with Crippen LogP contribution < -0.4 is 0 Å². The van der Waals surface area contributed by atoms with Crippen LogP contribution in [0.2, 0.25) is 0 Å². The number of hydrogen-bond acceptors (Lipinski definition) is 1. The van der Waals surface area contributed by atoms with Crippen molar-refractivity contribution in [3.05, 3.63) is 47.6 Å². The van der Waals surface area contributed by atoms with Gasteiger partial charge in [0.05, 0.1) is 6.10 Å². The Morgan fingerprint density at radius 3 is 2.53 bits per heavy atom. The molecule has 0 aliphatic heterocycles. The summed E-state index contributed by atoms with van der Waals surface area (Å²) in [4.78, 5) is 0. The maximum absolute atomic E-state index is 6.47. The van der Waals surface area contributed by atoms with E-state index in [4.69, 9.17) is 4.74 Å². The Morgan fingerprint density at radius 2 is 2.00 bits per heavy atom. The van der Waals surface area contributed by atoms with Crippen molar-refractivity contribution in [3.8, 4) is 0 Å². The first-order chi connectivity index (χ1) is 8.90. The smallest absolute Gasteiger partial charge is 0.102 e. The minimum absolute atomic E-state index is 0.0182. The molecule has 0 N–H and O–H groups in total. The monoisotopic (exact) mass is 258 g/mol. The molecule has 0 saturated heterocycles. The van der Waals surface area contributed by atoms with Crippen molar-refractivity contribution in [2.75, 3.05) is 0 Å². The molecule has 2 aliphatic carbocycles. The molecule has 0 saturated carbocycles. The zero-order chi connectivity index (χ0) is 14.1. The van der Waals surface area contributed by atoms with Gasteiger partial charge < -0.3 is 4.74 Å². The van der Waals surface area contributed by atoms with Gasteiger partial charge in [-0.25, -0.2) is 0 Å². The molecule has 0 bridgehead atoms. The van der Waals surface area contributed by atoms with E-state index in [9.17, 15) is 0 Å². The minimum atomic E-state index is -0.226. The Kier molecular flexibility index (Phi) is 3.87. The lowest BCUT2D eigenvalue weighted by molar-refractivity contribution is -0.109. The van der Waals surface area contributed by atoms with Crippen molar-refractivity contribution in [2.24, 2.45) is 5.41 Å². The Balaban J connectivity index is 2.46. The van der Waals surface area contributed by atoms with Crippen LogP contribution in [0.15, 0.2) is 47.6 Å². The van der Waals surface area contributed by atoms with E-state index >= 15 is 0 Å². The van der Waals surface area contributed by atoms with Gasteiger partial charge in [-0.3, -0.25) is 0 Å². The highest BCUT2D eigenvalue weighted by Crippen LogP contribution is 2.50. The van der Waals surface area contributed by atoms with E-state index in [1.165, 1.54) is 11.1 Å². The van der Waals surface area contributed by atoms with Crippen LogP contribution in [0.4, 0.5) is 0 Å². The predicted molar refractivity (Wildman–Crippen MR) is 82.1 cm³/mol. The first-order valence-corrected chi connectivity index (χ1v) is 7.29. The van der Waals surface area contributed by atoms with Gasteiger partial charge in [-0.1, -0.05) is 50.3 Å². The Hall–Kier alpha value is -1.08. The van der Waals surface area contributed by atoms with Crippen LogP contribution in [0.5, 0.6) is 0 Å².